The third-order valence-corrected chi connectivity index (χ3v) is 7.46. The maximum absolute atomic E-state index is 13.7. The highest BCUT2D eigenvalue weighted by Crippen LogP contribution is 2.43. The third kappa shape index (κ3) is 5.45. The number of pyridine rings is 1. The van der Waals surface area contributed by atoms with Gasteiger partial charge in [0.2, 0.25) is 5.91 Å². The minimum atomic E-state index is -4.77. The highest BCUT2D eigenvalue weighted by Gasteiger charge is 2.38. The topological polar surface area (TPSA) is 121 Å². The number of hydrogen-bond donors (Lipinski definition) is 2. The Morgan fingerprint density at radius 2 is 1.90 bits per heavy atom. The summed E-state index contributed by atoms with van der Waals surface area (Å²) in [5.74, 6) is -1.62. The third-order valence-electron chi connectivity index (χ3n) is 5.91. The monoisotopic (exact) mass is 589 g/mol. The minimum absolute atomic E-state index is 0.0185. The molecule has 0 atom stereocenters. The Kier molecular flexibility index (Phi) is 7.67. The zero-order valence-electron chi connectivity index (χ0n) is 20.7. The molecular weight excluding hydrogens is 569 g/mol. The van der Waals surface area contributed by atoms with Crippen molar-refractivity contribution >= 4 is 50.7 Å². The molecule has 0 aliphatic carbocycles. The number of primary amides is 1. The van der Waals surface area contributed by atoms with Gasteiger partial charge in [-0.3, -0.25) is 19.0 Å². The van der Waals surface area contributed by atoms with Crippen molar-refractivity contribution in [1.82, 2.24) is 24.5 Å². The van der Waals surface area contributed by atoms with Crippen LogP contribution in [0.1, 0.15) is 52.2 Å². The lowest BCUT2D eigenvalue weighted by atomic mass is 10.0. The molecule has 4 aromatic heterocycles. The lowest BCUT2D eigenvalue weighted by Crippen LogP contribution is -2.19. The number of thiophene rings is 1. The summed E-state index contributed by atoms with van der Waals surface area (Å²) < 4.78 is 69.4. The molecule has 0 saturated carbocycles. The largest absolute Gasteiger partial charge is 0.436 e. The van der Waals surface area contributed by atoms with Gasteiger partial charge in [-0.15, -0.1) is 11.3 Å². The van der Waals surface area contributed by atoms with E-state index in [0.29, 0.717) is 17.8 Å². The van der Waals surface area contributed by atoms with E-state index >= 15 is 0 Å². The first-order valence-electron chi connectivity index (χ1n) is 11.4. The fourth-order valence-electron chi connectivity index (χ4n) is 4.01. The molecule has 0 aromatic carbocycles. The molecule has 208 valence electrons. The second kappa shape index (κ2) is 10.5. The summed E-state index contributed by atoms with van der Waals surface area (Å²) in [5.41, 5.74) is 4.97. The van der Waals surface area contributed by atoms with Crippen LogP contribution in [0.4, 0.5) is 27.6 Å². The number of anilines is 1. The molecule has 0 unspecified atom stereocenters. The summed E-state index contributed by atoms with van der Waals surface area (Å²) in [6, 6.07) is 1.16. The summed E-state index contributed by atoms with van der Waals surface area (Å²) >= 11 is 6.50. The molecule has 2 amide bonds. The molecule has 0 fully saturated rings. The molecular formula is C23H21ClF5N7O2S. The summed E-state index contributed by atoms with van der Waals surface area (Å²) in [7, 11) is 0. The van der Waals surface area contributed by atoms with E-state index < -0.39 is 40.8 Å². The van der Waals surface area contributed by atoms with E-state index in [-0.39, 0.29) is 45.0 Å². The van der Waals surface area contributed by atoms with Crippen LogP contribution in [0.3, 0.4) is 0 Å². The lowest BCUT2D eigenvalue weighted by Gasteiger charge is -2.11. The molecule has 4 aromatic rings. The fraction of sp³-hybridized carbons (Fsp3) is 0.348. The number of carbonyl (C=O) groups excluding carboxylic acids is 2. The molecule has 3 N–H and O–H groups in total. The number of hydrogen-bond acceptors (Lipinski definition) is 6. The number of amides is 2. The second-order valence-corrected chi connectivity index (χ2v) is 9.87. The number of nitrogens with one attached hydrogen (secondary N) is 1. The smallest absolute Gasteiger partial charge is 0.365 e. The SMILES string of the molecule is CCn1cc(-c2cc(C(F)F)nc3sc(C(N)=O)c(NC(=O)CCn4nc(C(F)(F)F)c(Cl)c4C)c23)c(C)n1. The molecule has 0 aliphatic heterocycles. The van der Waals surface area contributed by atoms with E-state index in [1.54, 1.807) is 17.8 Å². The number of nitrogens with two attached hydrogens (primary N) is 1. The van der Waals surface area contributed by atoms with Gasteiger partial charge in [-0.05, 0) is 32.4 Å². The normalized spacial score (nSPS) is 12.1. The van der Waals surface area contributed by atoms with E-state index in [1.807, 2.05) is 6.92 Å². The lowest BCUT2D eigenvalue weighted by molar-refractivity contribution is -0.141. The quantitative estimate of drug-likeness (QED) is 0.254. The van der Waals surface area contributed by atoms with E-state index in [9.17, 15) is 31.5 Å². The van der Waals surface area contributed by atoms with Crippen LogP contribution in [0.15, 0.2) is 12.3 Å². The van der Waals surface area contributed by atoms with Gasteiger partial charge < -0.3 is 11.1 Å². The average molecular weight is 590 g/mol. The maximum atomic E-state index is 13.7. The average Bonchev–Trinajstić information content (AvgIpc) is 3.50. The van der Waals surface area contributed by atoms with Gasteiger partial charge in [0.1, 0.15) is 15.4 Å². The zero-order chi connectivity index (χ0) is 28.8. The summed E-state index contributed by atoms with van der Waals surface area (Å²) in [6.07, 6.45) is -6.39. The first-order chi connectivity index (χ1) is 18.2. The number of nitrogens with zero attached hydrogens (tertiary/aromatic N) is 5. The van der Waals surface area contributed by atoms with Gasteiger partial charge >= 0.3 is 6.18 Å². The molecule has 9 nitrogen and oxygen atoms in total. The van der Waals surface area contributed by atoms with Crippen molar-refractivity contribution in [1.29, 1.82) is 0 Å². The maximum Gasteiger partial charge on any atom is 0.436 e. The predicted molar refractivity (Wildman–Crippen MR) is 135 cm³/mol. The Bertz CT molecular complexity index is 1590. The Labute approximate surface area is 226 Å². The number of halogens is 6. The Morgan fingerprint density at radius 3 is 2.44 bits per heavy atom. The van der Waals surface area contributed by atoms with Gasteiger partial charge in [0.15, 0.2) is 5.69 Å². The van der Waals surface area contributed by atoms with Crippen molar-refractivity contribution in [3.05, 3.63) is 44.9 Å². The van der Waals surface area contributed by atoms with Crippen LogP contribution in [-0.4, -0.2) is 36.4 Å². The van der Waals surface area contributed by atoms with Gasteiger partial charge in [-0.2, -0.15) is 23.4 Å². The predicted octanol–water partition coefficient (Wildman–Crippen LogP) is 5.73. The van der Waals surface area contributed by atoms with Crippen LogP contribution in [0, 0.1) is 13.8 Å². The summed E-state index contributed by atoms with van der Waals surface area (Å²) in [5, 5.41) is 10.0. The van der Waals surface area contributed by atoms with Crippen LogP contribution in [0.2, 0.25) is 5.02 Å². The van der Waals surface area contributed by atoms with E-state index in [1.165, 1.54) is 6.92 Å². The number of aryl methyl sites for hydroxylation is 3. The highest BCUT2D eigenvalue weighted by atomic mass is 35.5. The molecule has 0 aliphatic rings. The molecule has 16 heteroatoms. The van der Waals surface area contributed by atoms with E-state index in [2.05, 4.69) is 20.5 Å². The van der Waals surface area contributed by atoms with Crippen molar-refractivity contribution in [2.45, 2.75) is 52.9 Å². The molecule has 0 radical (unpaired) electrons. The molecule has 0 saturated heterocycles. The van der Waals surface area contributed by atoms with Gasteiger partial charge in [-0.1, -0.05) is 11.6 Å². The van der Waals surface area contributed by atoms with Gasteiger partial charge in [0.05, 0.1) is 28.6 Å². The highest BCUT2D eigenvalue weighted by molar-refractivity contribution is 7.21. The van der Waals surface area contributed by atoms with Gasteiger partial charge in [0.25, 0.3) is 12.3 Å². The van der Waals surface area contributed by atoms with Gasteiger partial charge in [-0.25, -0.2) is 13.8 Å². The number of carbonyl (C=O) groups is 2. The van der Waals surface area contributed by atoms with Crippen LogP contribution in [0.25, 0.3) is 21.3 Å². The van der Waals surface area contributed by atoms with Crippen molar-refractivity contribution < 1.29 is 31.5 Å². The van der Waals surface area contributed by atoms with Crippen molar-refractivity contribution in [3.63, 3.8) is 0 Å². The minimum Gasteiger partial charge on any atom is -0.365 e. The molecule has 0 bridgehead atoms. The van der Waals surface area contributed by atoms with Crippen molar-refractivity contribution in [2.75, 3.05) is 5.32 Å². The fourth-order valence-corrected chi connectivity index (χ4v) is 5.27. The van der Waals surface area contributed by atoms with Crippen LogP contribution in [0.5, 0.6) is 0 Å². The molecule has 4 heterocycles. The van der Waals surface area contributed by atoms with Crippen molar-refractivity contribution in [3.8, 4) is 11.1 Å². The van der Waals surface area contributed by atoms with Crippen LogP contribution >= 0.6 is 22.9 Å². The van der Waals surface area contributed by atoms with Crippen molar-refractivity contribution in [2.24, 2.45) is 5.73 Å². The first-order valence-corrected chi connectivity index (χ1v) is 12.6. The van der Waals surface area contributed by atoms with E-state index in [0.717, 1.165) is 22.1 Å². The molecule has 0 spiro atoms. The first kappa shape index (κ1) is 28.4. The second-order valence-electron chi connectivity index (χ2n) is 8.50. The number of aromatic nitrogens is 5. The Balaban J connectivity index is 1.76. The number of alkyl halides is 5. The summed E-state index contributed by atoms with van der Waals surface area (Å²) in [6.45, 7) is 5.10. The number of fused-ring (bicyclic) bond motifs is 1. The van der Waals surface area contributed by atoms with Crippen LogP contribution in [-0.2, 0) is 24.1 Å². The zero-order valence-corrected chi connectivity index (χ0v) is 22.2. The van der Waals surface area contributed by atoms with E-state index in [4.69, 9.17) is 17.3 Å². The Morgan fingerprint density at radius 1 is 1.21 bits per heavy atom. The molecule has 4 rings (SSSR count). The number of rotatable bonds is 8. The summed E-state index contributed by atoms with van der Waals surface area (Å²) in [4.78, 5) is 29.1. The van der Waals surface area contributed by atoms with Gasteiger partial charge in [0, 0.05) is 30.1 Å². The van der Waals surface area contributed by atoms with Crippen LogP contribution < -0.4 is 11.1 Å². The Hall–Kier alpha value is -3.59. The standard InChI is InChI=1S/C23H21ClF5N7O2S/c1-4-35-8-12(9(2)33-35)11-7-13(20(25)26)31-22-15(11)17(18(39-22)21(30)38)32-14(37)5-6-36-10(3)16(24)19(34-36)23(27,28)29/h7-8,20H,4-6H2,1-3H3,(H2,30,38)(H,32,37). The molecule has 39 heavy (non-hydrogen) atoms.